The fourth-order valence-electron chi connectivity index (χ4n) is 1.60. The van der Waals surface area contributed by atoms with E-state index >= 15 is 0 Å². The second-order valence-corrected chi connectivity index (χ2v) is 5.26. The number of aliphatic hydroxyl groups excluding tert-OH is 1. The van der Waals surface area contributed by atoms with E-state index < -0.39 is 5.91 Å². The number of hydrogen-bond donors (Lipinski definition) is 3. The number of primary amides is 1. The fraction of sp³-hybridized carbons (Fsp3) is 0.429. The van der Waals surface area contributed by atoms with Gasteiger partial charge in [0.25, 0.3) is 5.91 Å². The van der Waals surface area contributed by atoms with Crippen LogP contribution in [0.25, 0.3) is 0 Å². The maximum Gasteiger partial charge on any atom is 0.251 e. The number of benzene rings is 1. The quantitative estimate of drug-likeness (QED) is 0.713. The maximum atomic E-state index is 11.9. The molecule has 0 radical (unpaired) electrons. The molecule has 0 aliphatic rings. The summed E-state index contributed by atoms with van der Waals surface area (Å²) >= 11 is 0. The van der Waals surface area contributed by atoms with E-state index in [-0.39, 0.29) is 17.9 Å². The highest BCUT2D eigenvalue weighted by atomic mass is 16.3. The predicted molar refractivity (Wildman–Crippen MR) is 72.8 cm³/mol. The number of amides is 2. The van der Waals surface area contributed by atoms with Crippen molar-refractivity contribution in [3.8, 4) is 0 Å². The second-order valence-electron chi connectivity index (χ2n) is 5.26. The Morgan fingerprint density at radius 1 is 1.21 bits per heavy atom. The lowest BCUT2D eigenvalue weighted by atomic mass is 9.89. The van der Waals surface area contributed by atoms with Gasteiger partial charge in [0.15, 0.2) is 0 Å². The number of nitrogens with one attached hydrogen (secondary N) is 1. The molecule has 1 aromatic carbocycles. The number of rotatable bonds is 6. The lowest BCUT2D eigenvalue weighted by molar-refractivity contribution is 0.0926. The van der Waals surface area contributed by atoms with Crippen LogP contribution in [-0.4, -0.2) is 30.1 Å². The lowest BCUT2D eigenvalue weighted by Crippen LogP contribution is -2.34. The van der Waals surface area contributed by atoms with Crippen molar-refractivity contribution in [2.24, 2.45) is 11.1 Å². The Kier molecular flexibility index (Phi) is 5.06. The summed E-state index contributed by atoms with van der Waals surface area (Å²) in [6, 6.07) is 6.18. The van der Waals surface area contributed by atoms with Crippen molar-refractivity contribution in [1.29, 1.82) is 0 Å². The molecule has 2 amide bonds. The molecule has 0 spiro atoms. The van der Waals surface area contributed by atoms with E-state index in [9.17, 15) is 9.59 Å². The number of carbonyl (C=O) groups is 2. The summed E-state index contributed by atoms with van der Waals surface area (Å²) in [7, 11) is 0. The summed E-state index contributed by atoms with van der Waals surface area (Å²) in [5, 5.41) is 11.7. The van der Waals surface area contributed by atoms with E-state index in [0.717, 1.165) is 0 Å². The SMILES string of the molecule is CC(C)(CCO)CNC(=O)c1ccc(C(N)=O)cc1. The van der Waals surface area contributed by atoms with Crippen LogP contribution in [0.4, 0.5) is 0 Å². The van der Waals surface area contributed by atoms with Crippen molar-refractivity contribution in [2.75, 3.05) is 13.2 Å². The zero-order valence-corrected chi connectivity index (χ0v) is 11.3. The van der Waals surface area contributed by atoms with E-state index in [1.54, 1.807) is 12.1 Å². The van der Waals surface area contributed by atoms with Crippen LogP contribution in [-0.2, 0) is 0 Å². The average Bonchev–Trinajstić information content (AvgIpc) is 2.36. The van der Waals surface area contributed by atoms with Crippen LogP contribution in [0.1, 0.15) is 41.0 Å². The highest BCUT2D eigenvalue weighted by molar-refractivity contribution is 5.97. The van der Waals surface area contributed by atoms with Gasteiger partial charge in [-0.3, -0.25) is 9.59 Å². The van der Waals surface area contributed by atoms with Crippen LogP contribution in [0.3, 0.4) is 0 Å². The van der Waals surface area contributed by atoms with Crippen molar-refractivity contribution >= 4 is 11.8 Å². The molecule has 1 rings (SSSR count). The van der Waals surface area contributed by atoms with Gasteiger partial charge in [-0.25, -0.2) is 0 Å². The molecule has 0 aromatic heterocycles. The summed E-state index contributed by atoms with van der Waals surface area (Å²) in [6.07, 6.45) is 0.619. The van der Waals surface area contributed by atoms with Crippen LogP contribution in [0.5, 0.6) is 0 Å². The first kappa shape index (κ1) is 15.2. The molecule has 0 fully saturated rings. The van der Waals surface area contributed by atoms with Gasteiger partial charge in [0.1, 0.15) is 0 Å². The molecule has 0 aliphatic carbocycles. The maximum absolute atomic E-state index is 11.9. The molecule has 0 saturated carbocycles. The van der Waals surface area contributed by atoms with Crippen molar-refractivity contribution < 1.29 is 14.7 Å². The molecular weight excluding hydrogens is 244 g/mol. The van der Waals surface area contributed by atoms with Gasteiger partial charge >= 0.3 is 0 Å². The zero-order chi connectivity index (χ0) is 14.5. The molecule has 0 saturated heterocycles. The number of nitrogens with two attached hydrogens (primary N) is 1. The molecule has 0 bridgehead atoms. The van der Waals surface area contributed by atoms with Crippen LogP contribution < -0.4 is 11.1 Å². The summed E-state index contributed by atoms with van der Waals surface area (Å²) in [6.45, 7) is 4.51. The standard InChI is InChI=1S/C14H20N2O3/c1-14(2,7-8-17)9-16-13(19)11-5-3-10(4-6-11)12(15)18/h3-6,17H,7-9H2,1-2H3,(H2,15,18)(H,16,19). The number of carbonyl (C=O) groups excluding carboxylic acids is 2. The third-order valence-electron chi connectivity index (χ3n) is 2.95. The van der Waals surface area contributed by atoms with Crippen LogP contribution >= 0.6 is 0 Å². The van der Waals surface area contributed by atoms with E-state index in [4.69, 9.17) is 10.8 Å². The van der Waals surface area contributed by atoms with E-state index in [0.29, 0.717) is 24.1 Å². The van der Waals surface area contributed by atoms with Crippen molar-refractivity contribution in [3.05, 3.63) is 35.4 Å². The molecule has 5 heteroatoms. The monoisotopic (exact) mass is 264 g/mol. The van der Waals surface area contributed by atoms with Crippen LogP contribution in [0.2, 0.25) is 0 Å². The van der Waals surface area contributed by atoms with Crippen molar-refractivity contribution in [2.45, 2.75) is 20.3 Å². The predicted octanol–water partition coefficient (Wildman–Crippen LogP) is 0.924. The summed E-state index contributed by atoms with van der Waals surface area (Å²) in [4.78, 5) is 22.8. The third kappa shape index (κ3) is 4.71. The number of hydrogen-bond acceptors (Lipinski definition) is 3. The molecule has 0 aliphatic heterocycles. The normalized spacial score (nSPS) is 11.1. The van der Waals surface area contributed by atoms with Crippen molar-refractivity contribution in [1.82, 2.24) is 5.32 Å². The fourth-order valence-corrected chi connectivity index (χ4v) is 1.60. The minimum atomic E-state index is -0.518. The largest absolute Gasteiger partial charge is 0.396 e. The Balaban J connectivity index is 2.61. The Morgan fingerprint density at radius 3 is 2.21 bits per heavy atom. The van der Waals surface area contributed by atoms with E-state index in [1.807, 2.05) is 13.8 Å². The van der Waals surface area contributed by atoms with Gasteiger partial charge in [0.2, 0.25) is 5.91 Å². The first-order valence-corrected chi connectivity index (χ1v) is 6.15. The molecule has 1 aromatic rings. The Bertz CT molecular complexity index is 452. The molecule has 4 N–H and O–H groups in total. The van der Waals surface area contributed by atoms with E-state index in [1.165, 1.54) is 12.1 Å². The van der Waals surface area contributed by atoms with Gasteiger partial charge in [0.05, 0.1) is 0 Å². The smallest absolute Gasteiger partial charge is 0.251 e. The third-order valence-corrected chi connectivity index (χ3v) is 2.95. The Hall–Kier alpha value is -1.88. The molecule has 0 heterocycles. The first-order valence-electron chi connectivity index (χ1n) is 6.15. The molecule has 19 heavy (non-hydrogen) atoms. The minimum Gasteiger partial charge on any atom is -0.396 e. The average molecular weight is 264 g/mol. The first-order chi connectivity index (χ1) is 8.85. The van der Waals surface area contributed by atoms with E-state index in [2.05, 4.69) is 5.32 Å². The topological polar surface area (TPSA) is 92.4 Å². The van der Waals surface area contributed by atoms with Crippen LogP contribution in [0, 0.1) is 5.41 Å². The second kappa shape index (κ2) is 6.33. The summed E-state index contributed by atoms with van der Waals surface area (Å²) in [5.41, 5.74) is 5.82. The van der Waals surface area contributed by atoms with Gasteiger partial charge < -0.3 is 16.2 Å². The Morgan fingerprint density at radius 2 is 1.74 bits per heavy atom. The molecule has 104 valence electrons. The van der Waals surface area contributed by atoms with Crippen LogP contribution in [0.15, 0.2) is 24.3 Å². The van der Waals surface area contributed by atoms with Gasteiger partial charge in [-0.1, -0.05) is 13.8 Å². The Labute approximate surface area is 112 Å². The molecular formula is C14H20N2O3. The molecule has 0 unspecified atom stereocenters. The highest BCUT2D eigenvalue weighted by Gasteiger charge is 2.18. The minimum absolute atomic E-state index is 0.0934. The van der Waals surface area contributed by atoms with Gasteiger partial charge in [-0.05, 0) is 36.1 Å². The summed E-state index contributed by atoms with van der Waals surface area (Å²) in [5.74, 6) is -0.724. The zero-order valence-electron chi connectivity index (χ0n) is 11.3. The van der Waals surface area contributed by atoms with Gasteiger partial charge in [0, 0.05) is 24.3 Å². The lowest BCUT2D eigenvalue weighted by Gasteiger charge is -2.23. The van der Waals surface area contributed by atoms with Gasteiger partial charge in [-0.2, -0.15) is 0 Å². The molecule has 0 atom stereocenters. The van der Waals surface area contributed by atoms with Crippen molar-refractivity contribution in [3.63, 3.8) is 0 Å². The van der Waals surface area contributed by atoms with Gasteiger partial charge in [-0.15, -0.1) is 0 Å². The molecule has 5 nitrogen and oxygen atoms in total. The summed E-state index contributed by atoms with van der Waals surface area (Å²) < 4.78 is 0. The number of aliphatic hydroxyl groups is 1. The highest BCUT2D eigenvalue weighted by Crippen LogP contribution is 2.18.